The third-order valence-corrected chi connectivity index (χ3v) is 7.78. The van der Waals surface area contributed by atoms with Crippen molar-refractivity contribution < 1.29 is 18.0 Å². The van der Waals surface area contributed by atoms with Gasteiger partial charge in [-0.1, -0.05) is 30.7 Å². The summed E-state index contributed by atoms with van der Waals surface area (Å²) in [6.07, 6.45) is 0.881. The molecule has 2 N–H and O–H groups in total. The highest BCUT2D eigenvalue weighted by atomic mass is 35.5. The van der Waals surface area contributed by atoms with Crippen molar-refractivity contribution in [3.05, 3.63) is 53.1 Å². The molecule has 30 heavy (non-hydrogen) atoms. The molecule has 3 rings (SSSR count). The Morgan fingerprint density at radius 1 is 1.23 bits per heavy atom. The van der Waals surface area contributed by atoms with E-state index in [2.05, 4.69) is 10.6 Å². The number of carbonyl (C=O) groups excluding carboxylic acids is 2. The number of fused-ring (bicyclic) bond motifs is 1. The molecule has 0 aromatic heterocycles. The summed E-state index contributed by atoms with van der Waals surface area (Å²) in [6.45, 7) is 2.37. The lowest BCUT2D eigenvalue weighted by Crippen LogP contribution is -2.27. The van der Waals surface area contributed by atoms with Gasteiger partial charge in [0.05, 0.1) is 16.3 Å². The fourth-order valence-corrected chi connectivity index (χ4v) is 5.49. The molecule has 2 aromatic carbocycles. The van der Waals surface area contributed by atoms with Crippen LogP contribution < -0.4 is 10.6 Å². The van der Waals surface area contributed by atoms with Crippen LogP contribution in [0.1, 0.15) is 25.3 Å². The van der Waals surface area contributed by atoms with Gasteiger partial charge in [0, 0.05) is 34.6 Å². The molecule has 1 heterocycles. The van der Waals surface area contributed by atoms with Crippen LogP contribution in [-0.4, -0.2) is 37.8 Å². The fraction of sp³-hybridized carbons (Fsp3) is 0.333. The third-order valence-electron chi connectivity index (χ3n) is 4.63. The van der Waals surface area contributed by atoms with E-state index in [9.17, 15) is 18.0 Å². The normalized spacial score (nSPS) is 16.3. The van der Waals surface area contributed by atoms with Crippen LogP contribution >= 0.6 is 23.4 Å². The third kappa shape index (κ3) is 6.23. The van der Waals surface area contributed by atoms with Gasteiger partial charge >= 0.3 is 0 Å². The van der Waals surface area contributed by atoms with Crippen molar-refractivity contribution in [2.45, 2.75) is 41.2 Å². The van der Waals surface area contributed by atoms with Gasteiger partial charge in [-0.3, -0.25) is 9.59 Å². The minimum absolute atomic E-state index is 0.102. The number of thioether (sulfide) groups is 1. The van der Waals surface area contributed by atoms with Crippen LogP contribution in [0.2, 0.25) is 5.02 Å². The fourth-order valence-electron chi connectivity index (χ4n) is 3.05. The summed E-state index contributed by atoms with van der Waals surface area (Å²) in [5, 5.41) is 6.27. The Kier molecular flexibility index (Phi) is 7.44. The molecule has 2 amide bonds. The zero-order valence-corrected chi connectivity index (χ0v) is 18.9. The lowest BCUT2D eigenvalue weighted by atomic mass is 10.1. The number of nitrogens with one attached hydrogen (secondary N) is 2. The van der Waals surface area contributed by atoms with E-state index in [4.69, 9.17) is 11.6 Å². The topological polar surface area (TPSA) is 92.3 Å². The maximum atomic E-state index is 12.7. The average Bonchev–Trinajstić information content (AvgIpc) is 2.83. The molecule has 9 heteroatoms. The first-order valence-electron chi connectivity index (χ1n) is 9.57. The summed E-state index contributed by atoms with van der Waals surface area (Å²) in [5.74, 6) is -0.751. The minimum atomic E-state index is -3.65. The van der Waals surface area contributed by atoms with E-state index in [0.29, 0.717) is 30.1 Å². The molecule has 1 aliphatic heterocycles. The Bertz CT molecular complexity index is 1040. The quantitative estimate of drug-likeness (QED) is 0.649. The van der Waals surface area contributed by atoms with Gasteiger partial charge in [-0.25, -0.2) is 8.42 Å². The second-order valence-corrected chi connectivity index (χ2v) is 11.2. The van der Waals surface area contributed by atoms with E-state index >= 15 is 0 Å². The molecule has 0 bridgehead atoms. The van der Waals surface area contributed by atoms with Crippen molar-refractivity contribution >= 4 is 50.7 Å². The molecule has 0 aliphatic carbocycles. The first-order chi connectivity index (χ1) is 14.2. The van der Waals surface area contributed by atoms with Crippen LogP contribution in [0.4, 0.5) is 5.69 Å². The van der Waals surface area contributed by atoms with Crippen LogP contribution in [0.15, 0.2) is 52.3 Å². The highest BCUT2D eigenvalue weighted by Crippen LogP contribution is 2.36. The molecule has 0 radical (unpaired) electrons. The summed E-state index contributed by atoms with van der Waals surface area (Å²) in [7, 11) is -3.65. The lowest BCUT2D eigenvalue weighted by Gasteiger charge is -2.11. The Balaban J connectivity index is 1.55. The average molecular weight is 467 g/mol. The number of sulfone groups is 1. The summed E-state index contributed by atoms with van der Waals surface area (Å²) in [4.78, 5) is 24.9. The van der Waals surface area contributed by atoms with E-state index < -0.39 is 9.84 Å². The predicted molar refractivity (Wildman–Crippen MR) is 120 cm³/mol. The van der Waals surface area contributed by atoms with E-state index in [-0.39, 0.29) is 34.1 Å². The van der Waals surface area contributed by atoms with Crippen LogP contribution in [-0.2, 0) is 25.8 Å². The van der Waals surface area contributed by atoms with Gasteiger partial charge in [0.15, 0.2) is 9.84 Å². The molecular weight excluding hydrogens is 444 g/mol. The Hall–Kier alpha value is -2.03. The molecule has 0 spiro atoms. The van der Waals surface area contributed by atoms with Crippen molar-refractivity contribution in [2.75, 3.05) is 17.6 Å². The number of carbonyl (C=O) groups is 2. The van der Waals surface area contributed by atoms with Gasteiger partial charge < -0.3 is 10.6 Å². The van der Waals surface area contributed by atoms with E-state index in [0.717, 1.165) is 10.5 Å². The molecule has 1 aliphatic rings. The van der Waals surface area contributed by atoms with Gasteiger partial charge in [0.25, 0.3) is 0 Å². The molecule has 1 atom stereocenters. The lowest BCUT2D eigenvalue weighted by molar-refractivity contribution is -0.120. The molecule has 2 aromatic rings. The number of anilines is 1. The van der Waals surface area contributed by atoms with E-state index in [1.165, 1.54) is 23.9 Å². The molecular formula is C21H23ClN2O4S2. The number of amides is 2. The van der Waals surface area contributed by atoms with Crippen molar-refractivity contribution in [3.63, 3.8) is 0 Å². The largest absolute Gasteiger partial charge is 0.356 e. The SMILES string of the molecule is C[C@@H]1CC(=O)Nc2cc(S(=O)(=O)CCC(=O)NCCc3ccc(Cl)cc3)ccc2S1. The Morgan fingerprint density at radius 2 is 1.97 bits per heavy atom. The van der Waals surface area contributed by atoms with E-state index in [1.54, 1.807) is 18.2 Å². The van der Waals surface area contributed by atoms with Gasteiger partial charge in [0.2, 0.25) is 11.8 Å². The predicted octanol–water partition coefficient (Wildman–Crippen LogP) is 3.69. The van der Waals surface area contributed by atoms with Crippen LogP contribution in [0.25, 0.3) is 0 Å². The molecule has 0 unspecified atom stereocenters. The second-order valence-electron chi connectivity index (χ2n) is 7.13. The summed E-state index contributed by atoms with van der Waals surface area (Å²) in [6, 6.07) is 12.1. The summed E-state index contributed by atoms with van der Waals surface area (Å²) >= 11 is 7.38. The maximum absolute atomic E-state index is 12.7. The zero-order chi connectivity index (χ0) is 21.7. The van der Waals surface area contributed by atoms with Crippen molar-refractivity contribution in [1.82, 2.24) is 5.32 Å². The van der Waals surface area contributed by atoms with Gasteiger partial charge in [-0.05, 0) is 42.3 Å². The van der Waals surface area contributed by atoms with Gasteiger partial charge in [-0.15, -0.1) is 11.8 Å². The number of hydrogen-bond donors (Lipinski definition) is 2. The minimum Gasteiger partial charge on any atom is -0.356 e. The van der Waals surface area contributed by atoms with Crippen LogP contribution in [0, 0.1) is 0 Å². The summed E-state index contributed by atoms with van der Waals surface area (Å²) < 4.78 is 25.3. The van der Waals surface area contributed by atoms with Crippen molar-refractivity contribution in [1.29, 1.82) is 0 Å². The van der Waals surface area contributed by atoms with Crippen LogP contribution in [0.3, 0.4) is 0 Å². The zero-order valence-electron chi connectivity index (χ0n) is 16.5. The highest BCUT2D eigenvalue weighted by Gasteiger charge is 2.22. The Labute approximate surface area is 185 Å². The summed E-state index contributed by atoms with van der Waals surface area (Å²) in [5.41, 5.74) is 1.54. The molecule has 0 saturated heterocycles. The van der Waals surface area contributed by atoms with Gasteiger partial charge in [0.1, 0.15) is 0 Å². The standard InChI is InChI=1S/C21H23ClN2O4S2/c1-14-12-21(26)24-18-13-17(6-7-19(18)29-14)30(27,28)11-9-20(25)23-10-8-15-2-4-16(22)5-3-15/h2-7,13-14H,8-12H2,1H3,(H,23,25)(H,24,26)/t14-/m1/s1. The monoisotopic (exact) mass is 466 g/mol. The molecule has 0 saturated carbocycles. The Morgan fingerprint density at radius 3 is 2.70 bits per heavy atom. The first-order valence-corrected chi connectivity index (χ1v) is 12.5. The van der Waals surface area contributed by atoms with Crippen molar-refractivity contribution in [3.8, 4) is 0 Å². The smallest absolute Gasteiger partial charge is 0.225 e. The number of benzene rings is 2. The number of hydrogen-bond acceptors (Lipinski definition) is 5. The molecule has 160 valence electrons. The van der Waals surface area contributed by atoms with Crippen LogP contribution in [0.5, 0.6) is 0 Å². The maximum Gasteiger partial charge on any atom is 0.225 e. The second kappa shape index (κ2) is 9.85. The highest BCUT2D eigenvalue weighted by molar-refractivity contribution is 8.00. The molecule has 0 fully saturated rings. The first kappa shape index (κ1) is 22.7. The van der Waals surface area contributed by atoms with E-state index in [1.807, 2.05) is 19.1 Å². The molecule has 6 nitrogen and oxygen atoms in total. The number of rotatable bonds is 7. The van der Waals surface area contributed by atoms with Crippen molar-refractivity contribution in [2.24, 2.45) is 0 Å². The van der Waals surface area contributed by atoms with Gasteiger partial charge in [-0.2, -0.15) is 0 Å². The number of halogens is 1.